The molecule has 1 aromatic carbocycles. The maximum atomic E-state index is 6.19. The van der Waals surface area contributed by atoms with E-state index in [1.165, 1.54) is 12.0 Å². The molecule has 1 aliphatic rings. The summed E-state index contributed by atoms with van der Waals surface area (Å²) in [6, 6.07) is 8.28. The zero-order valence-electron chi connectivity index (χ0n) is 9.73. The lowest BCUT2D eigenvalue weighted by atomic mass is 10.0. The minimum atomic E-state index is 0.259. The second kappa shape index (κ2) is 3.97. The van der Waals surface area contributed by atoms with Crippen LogP contribution < -0.4 is 5.73 Å². The van der Waals surface area contributed by atoms with E-state index in [4.69, 9.17) is 17.3 Å². The van der Waals surface area contributed by atoms with Crippen molar-refractivity contribution in [3.8, 4) is 0 Å². The standard InChI is InChI=1S/C14H15ClN2/c1-8(16)11-7-12(11)9-4-5-13(15)10-3-2-6-17-14(9)10/h2-6,8,11-12H,7,16H2,1H3. The number of benzene rings is 1. The molecule has 2 N–H and O–H groups in total. The van der Waals surface area contributed by atoms with Crippen LogP contribution in [0.4, 0.5) is 0 Å². The molecule has 3 atom stereocenters. The number of pyridine rings is 1. The predicted molar refractivity (Wildman–Crippen MR) is 71.3 cm³/mol. The van der Waals surface area contributed by atoms with E-state index in [9.17, 15) is 0 Å². The number of nitrogens with zero attached hydrogens (tertiary/aromatic N) is 1. The Bertz CT molecular complexity index is 565. The summed E-state index contributed by atoms with van der Waals surface area (Å²) >= 11 is 6.19. The highest BCUT2D eigenvalue weighted by atomic mass is 35.5. The minimum Gasteiger partial charge on any atom is -0.328 e. The Hall–Kier alpha value is -1.12. The lowest BCUT2D eigenvalue weighted by molar-refractivity contribution is 0.632. The highest BCUT2D eigenvalue weighted by Gasteiger charge is 2.41. The molecule has 2 nitrogen and oxygen atoms in total. The van der Waals surface area contributed by atoms with E-state index in [0.717, 1.165) is 15.9 Å². The molecule has 1 fully saturated rings. The molecular weight excluding hydrogens is 232 g/mol. The van der Waals surface area contributed by atoms with E-state index in [1.54, 1.807) is 0 Å². The number of hydrogen-bond donors (Lipinski definition) is 1. The molecule has 17 heavy (non-hydrogen) atoms. The SMILES string of the molecule is CC(N)C1CC1c1ccc(Cl)c2cccnc12. The number of fused-ring (bicyclic) bond motifs is 1. The first-order valence-electron chi connectivity index (χ1n) is 5.97. The maximum Gasteiger partial charge on any atom is 0.0751 e. The summed E-state index contributed by atoms with van der Waals surface area (Å²) in [6.07, 6.45) is 3.00. The summed E-state index contributed by atoms with van der Waals surface area (Å²) < 4.78 is 0. The fraction of sp³-hybridized carbons (Fsp3) is 0.357. The lowest BCUT2D eigenvalue weighted by Gasteiger charge is -2.08. The van der Waals surface area contributed by atoms with Crippen LogP contribution in [-0.4, -0.2) is 11.0 Å². The molecular formula is C14H15ClN2. The smallest absolute Gasteiger partial charge is 0.0751 e. The van der Waals surface area contributed by atoms with Crippen molar-refractivity contribution < 1.29 is 0 Å². The van der Waals surface area contributed by atoms with Gasteiger partial charge in [0.05, 0.1) is 5.52 Å². The van der Waals surface area contributed by atoms with Gasteiger partial charge in [-0.15, -0.1) is 0 Å². The molecule has 2 aromatic rings. The van der Waals surface area contributed by atoms with Gasteiger partial charge in [-0.05, 0) is 48.9 Å². The Morgan fingerprint density at radius 1 is 1.41 bits per heavy atom. The van der Waals surface area contributed by atoms with Crippen molar-refractivity contribution in [3.63, 3.8) is 0 Å². The topological polar surface area (TPSA) is 38.9 Å². The Morgan fingerprint density at radius 2 is 2.24 bits per heavy atom. The van der Waals surface area contributed by atoms with Crippen molar-refractivity contribution in [2.24, 2.45) is 11.7 Å². The zero-order valence-corrected chi connectivity index (χ0v) is 10.5. The van der Waals surface area contributed by atoms with Crippen molar-refractivity contribution >= 4 is 22.5 Å². The molecule has 3 unspecified atom stereocenters. The molecule has 0 saturated heterocycles. The number of rotatable bonds is 2. The molecule has 1 heterocycles. The first-order valence-corrected chi connectivity index (χ1v) is 6.35. The van der Waals surface area contributed by atoms with Gasteiger partial charge in [-0.2, -0.15) is 0 Å². The van der Waals surface area contributed by atoms with Crippen molar-refractivity contribution in [3.05, 3.63) is 41.0 Å². The highest BCUT2D eigenvalue weighted by Crippen LogP contribution is 2.50. The van der Waals surface area contributed by atoms with Crippen LogP contribution in [-0.2, 0) is 0 Å². The van der Waals surface area contributed by atoms with E-state index >= 15 is 0 Å². The van der Waals surface area contributed by atoms with Crippen LogP contribution in [0.5, 0.6) is 0 Å². The average Bonchev–Trinajstić information content (AvgIpc) is 3.10. The summed E-state index contributed by atoms with van der Waals surface area (Å²) in [5.41, 5.74) is 8.29. The van der Waals surface area contributed by atoms with Crippen molar-refractivity contribution in [2.75, 3.05) is 0 Å². The summed E-state index contributed by atoms with van der Waals surface area (Å²) in [5, 5.41) is 1.82. The molecule has 3 heteroatoms. The highest BCUT2D eigenvalue weighted by molar-refractivity contribution is 6.35. The molecule has 0 aliphatic heterocycles. The normalized spacial score (nSPS) is 24.9. The van der Waals surface area contributed by atoms with Gasteiger partial charge in [0.25, 0.3) is 0 Å². The van der Waals surface area contributed by atoms with Crippen LogP contribution in [0, 0.1) is 5.92 Å². The Balaban J connectivity index is 2.10. The third-order valence-electron chi connectivity index (χ3n) is 3.66. The van der Waals surface area contributed by atoms with Gasteiger partial charge in [0.2, 0.25) is 0 Å². The number of hydrogen-bond acceptors (Lipinski definition) is 2. The molecule has 0 spiro atoms. The van der Waals surface area contributed by atoms with Crippen LogP contribution in [0.2, 0.25) is 5.02 Å². The quantitative estimate of drug-likeness (QED) is 0.883. The summed E-state index contributed by atoms with van der Waals surface area (Å²) in [5.74, 6) is 1.16. The van der Waals surface area contributed by atoms with Crippen molar-refractivity contribution in [1.29, 1.82) is 0 Å². The second-order valence-corrected chi connectivity index (χ2v) is 5.31. The van der Waals surface area contributed by atoms with Crippen LogP contribution >= 0.6 is 11.6 Å². The summed E-state index contributed by atoms with van der Waals surface area (Å²) in [7, 11) is 0. The van der Waals surface area contributed by atoms with Gasteiger partial charge >= 0.3 is 0 Å². The van der Waals surface area contributed by atoms with Gasteiger partial charge in [-0.1, -0.05) is 17.7 Å². The second-order valence-electron chi connectivity index (χ2n) is 4.90. The van der Waals surface area contributed by atoms with Crippen LogP contribution in [0.1, 0.15) is 24.8 Å². The third kappa shape index (κ3) is 1.81. The van der Waals surface area contributed by atoms with Gasteiger partial charge < -0.3 is 5.73 Å². The molecule has 0 bridgehead atoms. The molecule has 1 aliphatic carbocycles. The van der Waals surface area contributed by atoms with Gasteiger partial charge in [-0.25, -0.2) is 0 Å². The summed E-state index contributed by atoms with van der Waals surface area (Å²) in [4.78, 5) is 4.47. The largest absolute Gasteiger partial charge is 0.328 e. The molecule has 1 aromatic heterocycles. The van der Waals surface area contributed by atoms with E-state index in [0.29, 0.717) is 11.8 Å². The van der Waals surface area contributed by atoms with Crippen LogP contribution in [0.25, 0.3) is 10.9 Å². The molecule has 0 radical (unpaired) electrons. The van der Waals surface area contributed by atoms with E-state index in [-0.39, 0.29) is 6.04 Å². The summed E-state index contributed by atoms with van der Waals surface area (Å²) in [6.45, 7) is 2.08. The van der Waals surface area contributed by atoms with E-state index in [2.05, 4.69) is 18.0 Å². The Morgan fingerprint density at radius 3 is 2.94 bits per heavy atom. The number of nitrogens with two attached hydrogens (primary N) is 1. The first kappa shape index (κ1) is 11.0. The van der Waals surface area contributed by atoms with E-state index < -0.39 is 0 Å². The van der Waals surface area contributed by atoms with E-state index in [1.807, 2.05) is 24.4 Å². The van der Waals surface area contributed by atoms with Gasteiger partial charge in [0.1, 0.15) is 0 Å². The van der Waals surface area contributed by atoms with Crippen molar-refractivity contribution in [2.45, 2.75) is 25.3 Å². The third-order valence-corrected chi connectivity index (χ3v) is 3.99. The minimum absolute atomic E-state index is 0.259. The number of aromatic nitrogens is 1. The molecule has 1 saturated carbocycles. The van der Waals surface area contributed by atoms with Crippen molar-refractivity contribution in [1.82, 2.24) is 4.98 Å². The van der Waals surface area contributed by atoms with Crippen LogP contribution in [0.3, 0.4) is 0 Å². The lowest BCUT2D eigenvalue weighted by Crippen LogP contribution is -2.18. The zero-order chi connectivity index (χ0) is 12.0. The Labute approximate surface area is 106 Å². The first-order chi connectivity index (χ1) is 8.18. The van der Waals surface area contributed by atoms with Crippen LogP contribution in [0.15, 0.2) is 30.5 Å². The van der Waals surface area contributed by atoms with Gasteiger partial charge in [0.15, 0.2) is 0 Å². The monoisotopic (exact) mass is 246 g/mol. The average molecular weight is 247 g/mol. The Kier molecular flexibility index (Phi) is 2.57. The van der Waals surface area contributed by atoms with Gasteiger partial charge in [-0.3, -0.25) is 4.98 Å². The maximum absolute atomic E-state index is 6.19. The number of halogens is 1. The molecule has 0 amide bonds. The molecule has 88 valence electrons. The fourth-order valence-corrected chi connectivity index (χ4v) is 2.83. The fourth-order valence-electron chi connectivity index (χ4n) is 2.61. The predicted octanol–water partition coefficient (Wildman–Crippen LogP) is 3.34. The molecule has 3 rings (SSSR count). The van der Waals surface area contributed by atoms with Gasteiger partial charge in [0, 0.05) is 22.6 Å².